The van der Waals surface area contributed by atoms with Crippen molar-refractivity contribution in [1.82, 2.24) is 0 Å². The summed E-state index contributed by atoms with van der Waals surface area (Å²) >= 11 is 2.07. The van der Waals surface area contributed by atoms with Gasteiger partial charge in [-0.15, -0.1) is 0 Å². The van der Waals surface area contributed by atoms with Crippen LogP contribution in [0.1, 0.15) is 517 Å². The average molecular weight is 1730 g/mol. The highest BCUT2D eigenvalue weighted by molar-refractivity contribution is 7.99. The molecule has 726 valence electrons. The van der Waals surface area contributed by atoms with Gasteiger partial charge in [0.05, 0.1) is 0 Å². The van der Waals surface area contributed by atoms with Gasteiger partial charge in [-0.3, -0.25) is 0 Å². The quantitative estimate of drug-likeness (QED) is 0.162. The van der Waals surface area contributed by atoms with Crippen LogP contribution in [-0.4, -0.2) is 24.7 Å². The van der Waals surface area contributed by atoms with E-state index in [0.717, 1.165) is 84.2 Å². The Morgan fingerprint density at radius 1 is 0.180 bits per heavy atom. The van der Waals surface area contributed by atoms with Crippen molar-refractivity contribution in [3.63, 3.8) is 0 Å². The highest BCUT2D eigenvalue weighted by Crippen LogP contribution is 2.53. The standard InChI is InChI=1S/C10H16.C10H8.C8H8.C7H14.C6H12.C6H6.2C5H10.C4H8O.C4H8S.C4H8.12C4H10.C3H6/c1-7-2-9-4-8(1)5-10(3-7)6-9;1-2-6-10-8-4-3-7-9(10)5-1;1-2-4-8-6-5-7(8)3-1;1-2-4-6-7-5-3-1;2*1-2-4-6-5-3-1;4*1-2-4-5-3-1;1-2-4-3-1;12*1-4(2)3;1-2-3-1/h7-10H,1-6H2;1-8H;1-4H,5-6H2;1-7H2;1-6H2;1-6H;2*1-5H2;2*1-4H2;1-4H2;12*4H,1-3H3;1-3H2. The first kappa shape index (κ1) is 135. The molecule has 17 rings (SSSR count). The summed E-state index contributed by atoms with van der Waals surface area (Å²) < 4.78 is 4.94. The normalized spacial score (nSPS) is 18.3. The minimum absolute atomic E-state index is 0.833. The molecule has 1 nitrogen and oxygen atoms in total. The first-order valence-electron chi connectivity index (χ1n) is 53.3. The molecule has 2 aliphatic heterocycles. The van der Waals surface area contributed by atoms with Crippen molar-refractivity contribution in [3.05, 3.63) is 120 Å². The van der Waals surface area contributed by atoms with Crippen LogP contribution >= 0.6 is 11.8 Å². The van der Waals surface area contributed by atoms with Crippen molar-refractivity contribution in [2.24, 2.45) is 94.7 Å². The van der Waals surface area contributed by atoms with E-state index in [0.29, 0.717) is 0 Å². The van der Waals surface area contributed by atoms with Crippen molar-refractivity contribution in [3.8, 4) is 0 Å². The molecule has 4 bridgehead atoms. The molecule has 4 aromatic rings. The summed E-state index contributed by atoms with van der Waals surface area (Å²) in [5, 5.41) is 2.62. The van der Waals surface area contributed by atoms with Crippen LogP contribution in [0.25, 0.3) is 10.8 Å². The van der Waals surface area contributed by atoms with Crippen LogP contribution in [0.4, 0.5) is 0 Å². The maximum absolute atomic E-state index is 4.94. The summed E-state index contributed by atoms with van der Waals surface area (Å²) in [7, 11) is 0. The second kappa shape index (κ2) is 107. The maximum Gasteiger partial charge on any atom is 0.0466 e. The van der Waals surface area contributed by atoms with Crippen LogP contribution in [0.3, 0.4) is 0 Å². The fraction of sp³-hybridized carbons (Fsp3) is 0.817. The summed E-state index contributed by atoms with van der Waals surface area (Å²) in [5.41, 5.74) is 3.10. The summed E-state index contributed by atoms with van der Waals surface area (Å²) in [6.07, 6.45) is 62.7. The number of benzene rings is 4. The minimum Gasteiger partial charge on any atom is -0.381 e. The molecule has 0 atom stereocenters. The Morgan fingerprint density at radius 2 is 0.311 bits per heavy atom. The monoisotopic (exact) mass is 1720 g/mol. The number of hydrogen-bond donors (Lipinski definition) is 0. The SMILES string of the molecule is C1C2CC3CC1CC(C2)C3.C1CC1.C1CCC1.C1CCCC1.C1CCCC1.C1CCCCC1.C1CCCCCC1.C1CCOC1.C1CCSC1.CC(C)C.CC(C)C.CC(C)C.CC(C)C.CC(C)C.CC(C)C.CC(C)C.CC(C)C.CC(C)C.CC(C)C.CC(C)C.CC(C)C.c1ccc2c(c1)CC2.c1ccc2ccccc2c1.c1ccccc1. The summed E-state index contributed by atoms with van der Waals surface area (Å²) in [5.74, 6) is 17.5. The van der Waals surface area contributed by atoms with Crippen molar-refractivity contribution in [2.75, 3.05) is 24.7 Å². The summed E-state index contributed by atoms with van der Waals surface area (Å²) in [6.45, 7) is 80.0. The predicted octanol–water partition coefficient (Wildman–Crippen LogP) is 43.1. The largest absolute Gasteiger partial charge is 0.381 e. The molecular formula is C120H234OS. The molecule has 0 aromatic heterocycles. The van der Waals surface area contributed by atoms with Crippen molar-refractivity contribution in [1.29, 1.82) is 0 Å². The van der Waals surface area contributed by atoms with Gasteiger partial charge >= 0.3 is 0 Å². The van der Waals surface area contributed by atoms with Crippen LogP contribution in [0.2, 0.25) is 0 Å². The first-order chi connectivity index (χ1) is 57.6. The molecule has 2 heterocycles. The number of aryl methyl sites for hydroxylation is 2. The average Bonchev–Trinajstić information content (AvgIpc) is 0.862. The van der Waals surface area contributed by atoms with Crippen LogP contribution in [0.15, 0.2) is 109 Å². The molecule has 2 saturated heterocycles. The van der Waals surface area contributed by atoms with Crippen molar-refractivity contribution in [2.45, 2.75) is 519 Å². The fourth-order valence-corrected chi connectivity index (χ4v) is 13.0. The number of hydrogen-bond acceptors (Lipinski definition) is 2. The third kappa shape index (κ3) is 161. The van der Waals surface area contributed by atoms with Gasteiger partial charge in [0.25, 0.3) is 0 Å². The second-order valence-electron chi connectivity index (χ2n) is 44.7. The van der Waals surface area contributed by atoms with Gasteiger partial charge < -0.3 is 4.74 Å². The molecule has 4 aromatic carbocycles. The van der Waals surface area contributed by atoms with Gasteiger partial charge in [-0.1, -0.05) is 551 Å². The van der Waals surface area contributed by atoms with E-state index < -0.39 is 0 Å². The zero-order chi connectivity index (χ0) is 94.2. The molecule has 11 aliphatic carbocycles. The van der Waals surface area contributed by atoms with E-state index in [9.17, 15) is 0 Å². The molecule has 0 spiro atoms. The lowest BCUT2D eigenvalue weighted by Crippen LogP contribution is -2.38. The van der Waals surface area contributed by atoms with E-state index in [1.165, 1.54) is 277 Å². The molecule has 0 amide bonds. The molecule has 12 fully saturated rings. The van der Waals surface area contributed by atoms with Gasteiger partial charge in [0, 0.05) is 13.2 Å². The maximum atomic E-state index is 4.94. The van der Waals surface area contributed by atoms with E-state index >= 15 is 0 Å². The van der Waals surface area contributed by atoms with Crippen LogP contribution < -0.4 is 0 Å². The lowest BCUT2D eigenvalue weighted by Gasteiger charge is -2.49. The molecule has 0 unspecified atom stereocenters. The molecule has 0 radical (unpaired) electrons. The number of ether oxygens (including phenoxy) is 1. The van der Waals surface area contributed by atoms with Crippen LogP contribution in [0, 0.1) is 94.7 Å². The summed E-state index contributed by atoms with van der Waals surface area (Å²) in [6, 6.07) is 37.3. The van der Waals surface area contributed by atoms with Gasteiger partial charge in [-0.2, -0.15) is 11.8 Å². The highest BCUT2D eigenvalue weighted by atomic mass is 32.2. The van der Waals surface area contributed by atoms with Crippen LogP contribution in [-0.2, 0) is 17.6 Å². The lowest BCUT2D eigenvalue weighted by molar-refractivity contribution is 0.0198. The number of fused-ring (bicyclic) bond motifs is 2. The van der Waals surface area contributed by atoms with Crippen molar-refractivity contribution < 1.29 is 4.74 Å². The third-order valence-electron chi connectivity index (χ3n) is 16.9. The van der Waals surface area contributed by atoms with Crippen LogP contribution in [0.5, 0.6) is 0 Å². The van der Waals surface area contributed by atoms with Gasteiger partial charge in [-0.05, 0) is 205 Å². The third-order valence-corrected chi connectivity index (χ3v) is 18.0. The molecule has 13 aliphatic rings. The zero-order valence-electron chi connectivity index (χ0n) is 91.0. The molecule has 10 saturated carbocycles. The van der Waals surface area contributed by atoms with E-state index in [2.05, 4.69) is 334 Å². The van der Waals surface area contributed by atoms with E-state index in [1.807, 2.05) is 36.4 Å². The Morgan fingerprint density at radius 3 is 0.402 bits per heavy atom. The van der Waals surface area contributed by atoms with Gasteiger partial charge in [0.1, 0.15) is 0 Å². The Kier molecular flexibility index (Phi) is 119. The Hall–Kier alpha value is -2.55. The fourth-order valence-electron chi connectivity index (χ4n) is 12.0. The number of rotatable bonds is 0. The van der Waals surface area contributed by atoms with E-state index in [-0.39, 0.29) is 0 Å². The second-order valence-corrected chi connectivity index (χ2v) is 45.9. The minimum atomic E-state index is 0.833. The smallest absolute Gasteiger partial charge is 0.0466 e. The van der Waals surface area contributed by atoms with Gasteiger partial charge in [-0.25, -0.2) is 0 Å². The summed E-state index contributed by atoms with van der Waals surface area (Å²) in [4.78, 5) is 0. The Bertz CT molecular complexity index is 1950. The molecular weight excluding hydrogens is 1490 g/mol. The topological polar surface area (TPSA) is 9.23 Å². The highest BCUT2D eigenvalue weighted by Gasteiger charge is 2.41. The predicted molar refractivity (Wildman–Crippen MR) is 577 cm³/mol. The van der Waals surface area contributed by atoms with Gasteiger partial charge in [0.2, 0.25) is 0 Å². The first-order valence-corrected chi connectivity index (χ1v) is 54.4. The lowest BCUT2D eigenvalue weighted by atomic mass is 9.56. The number of thioether (sulfide) groups is 1. The Balaban J connectivity index is -0.000000187. The van der Waals surface area contributed by atoms with E-state index in [4.69, 9.17) is 4.74 Å². The molecule has 0 N–H and O–H groups in total. The molecule has 2 heteroatoms. The zero-order valence-corrected chi connectivity index (χ0v) is 91.8. The molecule has 122 heavy (non-hydrogen) atoms. The van der Waals surface area contributed by atoms with Crippen molar-refractivity contribution >= 4 is 22.5 Å². The Labute approximate surface area is 780 Å². The van der Waals surface area contributed by atoms with E-state index in [1.54, 1.807) is 49.7 Å². The van der Waals surface area contributed by atoms with Gasteiger partial charge in [0.15, 0.2) is 0 Å².